The molecule has 0 unspecified atom stereocenters. The second-order valence-electron chi connectivity index (χ2n) is 5.67. The summed E-state index contributed by atoms with van der Waals surface area (Å²) in [6.07, 6.45) is 1.13. The van der Waals surface area contributed by atoms with Crippen LogP contribution in [0.5, 0.6) is 0 Å². The smallest absolute Gasteiger partial charge is 0.339 e. The molecule has 0 spiro atoms. The number of primary amides is 1. The highest BCUT2D eigenvalue weighted by atomic mass is 32.2. The van der Waals surface area contributed by atoms with E-state index < -0.39 is 21.7 Å². The Morgan fingerprint density at radius 1 is 1.00 bits per heavy atom. The molecule has 128 valence electrons. The topological polar surface area (TPSA) is 104 Å². The third-order valence-electron chi connectivity index (χ3n) is 3.94. The molecule has 1 aliphatic rings. The zero-order chi connectivity index (χ0) is 18.2. The molecule has 2 aromatic rings. The summed E-state index contributed by atoms with van der Waals surface area (Å²) in [6, 6.07) is 12.6. The van der Waals surface area contributed by atoms with E-state index >= 15 is 0 Å². The summed E-state index contributed by atoms with van der Waals surface area (Å²) >= 11 is 0. The van der Waals surface area contributed by atoms with Gasteiger partial charge in [0.2, 0.25) is 5.91 Å². The minimum absolute atomic E-state index is 0.101. The monoisotopic (exact) mass is 357 g/mol. The summed E-state index contributed by atoms with van der Waals surface area (Å²) < 4.78 is 28.3. The van der Waals surface area contributed by atoms with Crippen LogP contribution in [0, 0.1) is 0 Å². The fourth-order valence-corrected chi connectivity index (χ4v) is 3.26. The Bertz CT molecular complexity index is 987. The summed E-state index contributed by atoms with van der Waals surface area (Å²) in [5.74, 6) is -1.01. The van der Waals surface area contributed by atoms with E-state index in [9.17, 15) is 18.0 Å². The lowest BCUT2D eigenvalue weighted by molar-refractivity contribution is -0.133. The van der Waals surface area contributed by atoms with Crippen LogP contribution in [0.2, 0.25) is 0 Å². The Morgan fingerprint density at radius 2 is 1.56 bits per heavy atom. The zero-order valence-corrected chi connectivity index (χ0v) is 14.2. The van der Waals surface area contributed by atoms with Crippen molar-refractivity contribution >= 4 is 32.9 Å². The molecule has 3 rings (SSSR count). The van der Waals surface area contributed by atoms with Crippen molar-refractivity contribution < 1.29 is 22.7 Å². The van der Waals surface area contributed by atoms with Crippen LogP contribution in [0.4, 0.5) is 0 Å². The average Bonchev–Trinajstić information content (AvgIpc) is 2.96. The number of hydrogen-bond acceptors (Lipinski definition) is 5. The van der Waals surface area contributed by atoms with Gasteiger partial charge >= 0.3 is 5.97 Å². The number of rotatable bonds is 4. The van der Waals surface area contributed by atoms with Gasteiger partial charge < -0.3 is 10.5 Å². The third-order valence-corrected chi connectivity index (χ3v) is 5.07. The van der Waals surface area contributed by atoms with Gasteiger partial charge in [0, 0.05) is 17.4 Å². The van der Waals surface area contributed by atoms with Crippen molar-refractivity contribution in [1.29, 1.82) is 0 Å². The number of cyclic esters (lactones) is 1. The zero-order valence-electron chi connectivity index (χ0n) is 13.4. The summed E-state index contributed by atoms with van der Waals surface area (Å²) in [4.78, 5) is 23.5. The standard InChI is InChI=1S/C18H15NO5S/c1-25(22,23)14-8-6-11(7-9-14)15-10-24-18(21)16(15)12-2-4-13(5-3-12)17(19)20/h2-9H,10H2,1H3,(H2,19,20). The largest absolute Gasteiger partial charge is 0.457 e. The summed E-state index contributed by atoms with van der Waals surface area (Å²) in [6.45, 7) is 0.101. The van der Waals surface area contributed by atoms with E-state index in [2.05, 4.69) is 0 Å². The first-order valence-corrected chi connectivity index (χ1v) is 9.27. The molecule has 0 bridgehead atoms. The predicted octanol–water partition coefficient (Wildman–Crippen LogP) is 1.66. The van der Waals surface area contributed by atoms with Crippen LogP contribution in [0.1, 0.15) is 21.5 Å². The Morgan fingerprint density at radius 3 is 2.08 bits per heavy atom. The van der Waals surface area contributed by atoms with Crippen molar-refractivity contribution in [3.8, 4) is 0 Å². The Hall–Kier alpha value is -2.93. The normalized spacial score (nSPS) is 14.5. The summed E-state index contributed by atoms with van der Waals surface area (Å²) in [5.41, 5.74) is 7.93. The SMILES string of the molecule is CS(=O)(=O)c1ccc(C2=C(c3ccc(C(N)=O)cc3)C(=O)OC2)cc1. The van der Waals surface area contributed by atoms with Crippen molar-refractivity contribution in [2.24, 2.45) is 5.73 Å². The minimum atomic E-state index is -3.29. The maximum atomic E-state index is 12.1. The van der Waals surface area contributed by atoms with E-state index in [1.807, 2.05) is 0 Å². The highest BCUT2D eigenvalue weighted by Gasteiger charge is 2.27. The molecular formula is C18H15NO5S. The van der Waals surface area contributed by atoms with Crippen molar-refractivity contribution in [2.45, 2.75) is 4.90 Å². The van der Waals surface area contributed by atoms with Gasteiger partial charge in [-0.1, -0.05) is 24.3 Å². The molecule has 0 fully saturated rings. The van der Waals surface area contributed by atoms with Crippen LogP contribution in [-0.2, 0) is 19.4 Å². The molecular weight excluding hydrogens is 342 g/mol. The Kier molecular flexibility index (Phi) is 4.18. The highest BCUT2D eigenvalue weighted by molar-refractivity contribution is 7.90. The predicted molar refractivity (Wildman–Crippen MR) is 92.3 cm³/mol. The van der Waals surface area contributed by atoms with Crippen LogP contribution in [0.25, 0.3) is 11.1 Å². The Balaban J connectivity index is 2.06. The number of nitrogens with two attached hydrogens (primary N) is 1. The molecule has 0 aliphatic carbocycles. The quantitative estimate of drug-likeness (QED) is 0.838. The second kappa shape index (κ2) is 6.18. The molecule has 1 heterocycles. The van der Waals surface area contributed by atoms with Crippen molar-refractivity contribution in [2.75, 3.05) is 12.9 Å². The van der Waals surface area contributed by atoms with E-state index in [4.69, 9.17) is 10.5 Å². The van der Waals surface area contributed by atoms with Gasteiger partial charge in [-0.3, -0.25) is 4.79 Å². The molecule has 2 N–H and O–H groups in total. The lowest BCUT2D eigenvalue weighted by Crippen LogP contribution is -2.10. The number of carbonyl (C=O) groups excluding carboxylic acids is 2. The van der Waals surface area contributed by atoms with Gasteiger partial charge in [0.15, 0.2) is 9.84 Å². The van der Waals surface area contributed by atoms with Gasteiger partial charge in [0.1, 0.15) is 6.61 Å². The van der Waals surface area contributed by atoms with E-state index in [1.165, 1.54) is 12.1 Å². The second-order valence-corrected chi connectivity index (χ2v) is 7.68. The lowest BCUT2D eigenvalue weighted by atomic mass is 9.96. The molecule has 0 saturated carbocycles. The number of amides is 1. The fourth-order valence-electron chi connectivity index (χ4n) is 2.63. The molecule has 25 heavy (non-hydrogen) atoms. The fraction of sp³-hybridized carbons (Fsp3) is 0.111. The molecule has 6 nitrogen and oxygen atoms in total. The molecule has 1 amide bonds. The molecule has 2 aromatic carbocycles. The number of ether oxygens (including phenoxy) is 1. The third kappa shape index (κ3) is 3.32. The molecule has 0 saturated heterocycles. The number of benzene rings is 2. The molecule has 7 heteroatoms. The van der Waals surface area contributed by atoms with E-state index in [0.29, 0.717) is 27.8 Å². The maximum Gasteiger partial charge on any atom is 0.339 e. The number of sulfone groups is 1. The molecule has 0 aromatic heterocycles. The van der Waals surface area contributed by atoms with E-state index in [-0.39, 0.29) is 11.5 Å². The number of esters is 1. The maximum absolute atomic E-state index is 12.1. The van der Waals surface area contributed by atoms with Crippen LogP contribution < -0.4 is 5.73 Å². The minimum Gasteiger partial charge on any atom is -0.457 e. The first-order valence-electron chi connectivity index (χ1n) is 7.38. The van der Waals surface area contributed by atoms with Gasteiger partial charge in [0.05, 0.1) is 10.5 Å². The van der Waals surface area contributed by atoms with Crippen LogP contribution >= 0.6 is 0 Å². The highest BCUT2D eigenvalue weighted by Crippen LogP contribution is 2.33. The summed E-state index contributed by atoms with van der Waals surface area (Å²) in [7, 11) is -3.29. The van der Waals surface area contributed by atoms with E-state index in [1.54, 1.807) is 36.4 Å². The van der Waals surface area contributed by atoms with Crippen LogP contribution in [0.15, 0.2) is 53.4 Å². The Labute approximate surface area is 144 Å². The summed E-state index contributed by atoms with van der Waals surface area (Å²) in [5, 5.41) is 0. The van der Waals surface area contributed by atoms with Crippen LogP contribution in [0.3, 0.4) is 0 Å². The molecule has 0 atom stereocenters. The average molecular weight is 357 g/mol. The lowest BCUT2D eigenvalue weighted by Gasteiger charge is -2.06. The first-order chi connectivity index (χ1) is 11.8. The van der Waals surface area contributed by atoms with Crippen molar-refractivity contribution in [3.05, 3.63) is 65.2 Å². The molecule has 0 radical (unpaired) electrons. The van der Waals surface area contributed by atoms with Gasteiger partial charge in [0.25, 0.3) is 0 Å². The van der Waals surface area contributed by atoms with Gasteiger partial charge in [-0.25, -0.2) is 13.2 Å². The van der Waals surface area contributed by atoms with Gasteiger partial charge in [-0.05, 0) is 35.4 Å². The van der Waals surface area contributed by atoms with Gasteiger partial charge in [-0.15, -0.1) is 0 Å². The van der Waals surface area contributed by atoms with Crippen molar-refractivity contribution in [3.63, 3.8) is 0 Å². The number of carbonyl (C=O) groups is 2. The van der Waals surface area contributed by atoms with Crippen LogP contribution in [-0.4, -0.2) is 33.2 Å². The van der Waals surface area contributed by atoms with Crippen molar-refractivity contribution in [1.82, 2.24) is 0 Å². The van der Waals surface area contributed by atoms with Gasteiger partial charge in [-0.2, -0.15) is 0 Å². The molecule has 1 aliphatic heterocycles. The first kappa shape index (κ1) is 16.9. The number of hydrogen-bond donors (Lipinski definition) is 1. The van der Waals surface area contributed by atoms with E-state index in [0.717, 1.165) is 6.26 Å².